The van der Waals surface area contributed by atoms with Crippen molar-refractivity contribution in [2.45, 2.75) is 12.8 Å². The van der Waals surface area contributed by atoms with Crippen molar-refractivity contribution in [3.05, 3.63) is 42.5 Å². The van der Waals surface area contributed by atoms with Crippen molar-refractivity contribution in [3.63, 3.8) is 0 Å². The minimum absolute atomic E-state index is 0.0413. The van der Waals surface area contributed by atoms with Crippen LogP contribution in [0.15, 0.2) is 36.9 Å². The molecule has 1 amide bonds. The van der Waals surface area contributed by atoms with E-state index >= 15 is 0 Å². The van der Waals surface area contributed by atoms with Gasteiger partial charge in [0.1, 0.15) is 5.75 Å². The van der Waals surface area contributed by atoms with Crippen molar-refractivity contribution in [2.75, 3.05) is 6.54 Å². The van der Waals surface area contributed by atoms with E-state index in [1.807, 2.05) is 12.1 Å². The topological polar surface area (TPSA) is 49.3 Å². The maximum Gasteiger partial charge on any atom is 0.223 e. The van der Waals surface area contributed by atoms with E-state index in [0.29, 0.717) is 19.4 Å². The van der Waals surface area contributed by atoms with Gasteiger partial charge in [0.25, 0.3) is 0 Å². The second-order valence-electron chi connectivity index (χ2n) is 3.22. The lowest BCUT2D eigenvalue weighted by Gasteiger charge is -2.05. The fourth-order valence-electron chi connectivity index (χ4n) is 1.26. The second kappa shape index (κ2) is 5.86. The highest BCUT2D eigenvalue weighted by atomic mass is 16.3. The van der Waals surface area contributed by atoms with Crippen LogP contribution in [0.25, 0.3) is 0 Å². The molecule has 1 aromatic rings. The Labute approximate surface area is 89.4 Å². The molecule has 80 valence electrons. The van der Waals surface area contributed by atoms with Crippen molar-refractivity contribution in [2.24, 2.45) is 0 Å². The number of phenolic OH excluding ortho intramolecular Hbond substituents is 1. The molecule has 0 radical (unpaired) electrons. The Bertz CT molecular complexity index is 347. The third-order valence-corrected chi connectivity index (χ3v) is 2.04. The van der Waals surface area contributed by atoms with Gasteiger partial charge in [0.15, 0.2) is 0 Å². The predicted molar refractivity (Wildman–Crippen MR) is 59.6 cm³/mol. The summed E-state index contributed by atoms with van der Waals surface area (Å²) in [6.07, 6.45) is 2.53. The van der Waals surface area contributed by atoms with Gasteiger partial charge in [-0.2, -0.15) is 0 Å². The van der Waals surface area contributed by atoms with Gasteiger partial charge in [-0.25, -0.2) is 0 Å². The van der Waals surface area contributed by atoms with E-state index in [1.54, 1.807) is 18.2 Å². The van der Waals surface area contributed by atoms with E-state index in [4.69, 9.17) is 0 Å². The van der Waals surface area contributed by atoms with Gasteiger partial charge in [-0.15, -0.1) is 6.58 Å². The fraction of sp³-hybridized carbons (Fsp3) is 0.250. The monoisotopic (exact) mass is 205 g/mol. The lowest BCUT2D eigenvalue weighted by Crippen LogP contribution is -2.24. The molecule has 3 heteroatoms. The molecule has 0 aromatic heterocycles. The Hall–Kier alpha value is -1.77. The van der Waals surface area contributed by atoms with Crippen LogP contribution in [0.3, 0.4) is 0 Å². The molecule has 3 nitrogen and oxygen atoms in total. The molecular weight excluding hydrogens is 190 g/mol. The van der Waals surface area contributed by atoms with Crippen LogP contribution in [0, 0.1) is 0 Å². The van der Waals surface area contributed by atoms with Crippen LogP contribution in [0.5, 0.6) is 5.75 Å². The van der Waals surface area contributed by atoms with Gasteiger partial charge in [-0.1, -0.05) is 24.3 Å². The lowest BCUT2D eigenvalue weighted by atomic mass is 10.1. The molecule has 0 aliphatic heterocycles. The third kappa shape index (κ3) is 3.85. The number of hydrogen-bond acceptors (Lipinski definition) is 2. The van der Waals surface area contributed by atoms with E-state index in [0.717, 1.165) is 5.56 Å². The van der Waals surface area contributed by atoms with E-state index < -0.39 is 0 Å². The summed E-state index contributed by atoms with van der Waals surface area (Å²) in [7, 11) is 0. The maximum absolute atomic E-state index is 11.1. The van der Waals surface area contributed by atoms with Crippen LogP contribution in [0.1, 0.15) is 12.0 Å². The Balaban J connectivity index is 2.35. The number of para-hydroxylation sites is 1. The second-order valence-corrected chi connectivity index (χ2v) is 3.22. The summed E-state index contributed by atoms with van der Waals surface area (Å²) in [6.45, 7) is 4.01. The van der Waals surface area contributed by atoms with Gasteiger partial charge in [-0.3, -0.25) is 4.79 Å². The molecule has 0 saturated carbocycles. The highest BCUT2D eigenvalue weighted by molar-refractivity contribution is 5.77. The fourth-order valence-corrected chi connectivity index (χ4v) is 1.26. The maximum atomic E-state index is 11.1. The summed E-state index contributed by atoms with van der Waals surface area (Å²) in [4.78, 5) is 11.1. The number of benzene rings is 1. The van der Waals surface area contributed by atoms with Crippen LogP contribution in [-0.2, 0) is 11.2 Å². The van der Waals surface area contributed by atoms with Gasteiger partial charge < -0.3 is 10.4 Å². The molecule has 1 aromatic carbocycles. The molecule has 0 aliphatic carbocycles. The summed E-state index contributed by atoms with van der Waals surface area (Å²) in [5, 5.41) is 12.2. The number of carbonyl (C=O) groups is 1. The van der Waals surface area contributed by atoms with E-state index in [9.17, 15) is 9.90 Å². The number of hydrogen-bond donors (Lipinski definition) is 2. The van der Waals surface area contributed by atoms with E-state index in [-0.39, 0.29) is 11.7 Å². The van der Waals surface area contributed by atoms with Crippen molar-refractivity contribution in [1.82, 2.24) is 5.32 Å². The van der Waals surface area contributed by atoms with Gasteiger partial charge in [0.05, 0.1) is 0 Å². The molecule has 0 saturated heterocycles. The Morgan fingerprint density at radius 2 is 2.20 bits per heavy atom. The van der Waals surface area contributed by atoms with E-state index in [2.05, 4.69) is 11.9 Å². The van der Waals surface area contributed by atoms with Gasteiger partial charge in [0.2, 0.25) is 5.91 Å². The minimum atomic E-state index is -0.0413. The van der Waals surface area contributed by atoms with Crippen molar-refractivity contribution in [1.29, 1.82) is 0 Å². The van der Waals surface area contributed by atoms with E-state index in [1.165, 1.54) is 0 Å². The summed E-state index contributed by atoms with van der Waals surface area (Å²) >= 11 is 0. The van der Waals surface area contributed by atoms with Crippen LogP contribution in [0.4, 0.5) is 0 Å². The number of amides is 1. The Morgan fingerprint density at radius 1 is 1.47 bits per heavy atom. The number of nitrogens with one attached hydrogen (secondary N) is 1. The molecular formula is C12H15NO2. The molecule has 0 aliphatic rings. The summed E-state index contributed by atoms with van der Waals surface area (Å²) in [5.74, 6) is 0.232. The number of carbonyl (C=O) groups excluding carboxylic acids is 1. The smallest absolute Gasteiger partial charge is 0.223 e. The summed E-state index contributed by atoms with van der Waals surface area (Å²) < 4.78 is 0. The summed E-state index contributed by atoms with van der Waals surface area (Å²) in [6, 6.07) is 7.12. The molecule has 0 bridgehead atoms. The Morgan fingerprint density at radius 3 is 2.87 bits per heavy atom. The minimum Gasteiger partial charge on any atom is -0.508 e. The molecule has 0 unspecified atom stereocenters. The third-order valence-electron chi connectivity index (χ3n) is 2.04. The van der Waals surface area contributed by atoms with Crippen molar-refractivity contribution in [3.8, 4) is 5.75 Å². The largest absolute Gasteiger partial charge is 0.508 e. The molecule has 0 heterocycles. The zero-order chi connectivity index (χ0) is 11.1. The predicted octanol–water partition coefficient (Wildman–Crippen LogP) is 1.63. The molecule has 15 heavy (non-hydrogen) atoms. The first-order chi connectivity index (χ1) is 7.24. The normalized spacial score (nSPS) is 9.60. The van der Waals surface area contributed by atoms with Crippen molar-refractivity contribution >= 4 is 5.91 Å². The standard InChI is InChI=1S/C12H15NO2/c1-2-5-12(15)13-9-8-10-6-3-4-7-11(10)14/h2-4,6-7,14H,1,5,8-9H2,(H,13,15). The lowest BCUT2D eigenvalue weighted by molar-refractivity contribution is -0.120. The number of phenols is 1. The van der Waals surface area contributed by atoms with Crippen LogP contribution in [-0.4, -0.2) is 17.6 Å². The zero-order valence-electron chi connectivity index (χ0n) is 8.57. The zero-order valence-corrected chi connectivity index (χ0v) is 8.57. The van der Waals surface area contributed by atoms with Crippen LogP contribution in [0.2, 0.25) is 0 Å². The van der Waals surface area contributed by atoms with Gasteiger partial charge in [-0.05, 0) is 18.1 Å². The molecule has 1 rings (SSSR count). The molecule has 2 N–H and O–H groups in total. The highest BCUT2D eigenvalue weighted by Gasteiger charge is 2.00. The SMILES string of the molecule is C=CCC(=O)NCCc1ccccc1O. The molecule has 0 atom stereocenters. The van der Waals surface area contributed by atoms with Crippen LogP contribution >= 0.6 is 0 Å². The number of aromatic hydroxyl groups is 1. The quantitative estimate of drug-likeness (QED) is 0.718. The molecule has 0 spiro atoms. The average Bonchev–Trinajstić information content (AvgIpc) is 2.21. The van der Waals surface area contributed by atoms with Crippen LogP contribution < -0.4 is 5.32 Å². The molecule has 0 fully saturated rings. The Kier molecular flexibility index (Phi) is 4.41. The first kappa shape index (κ1) is 11.3. The first-order valence-electron chi connectivity index (χ1n) is 4.88. The highest BCUT2D eigenvalue weighted by Crippen LogP contribution is 2.15. The average molecular weight is 205 g/mol. The first-order valence-corrected chi connectivity index (χ1v) is 4.88. The summed E-state index contributed by atoms with van der Waals surface area (Å²) in [5.41, 5.74) is 0.844. The van der Waals surface area contributed by atoms with Gasteiger partial charge >= 0.3 is 0 Å². The number of rotatable bonds is 5. The van der Waals surface area contributed by atoms with Gasteiger partial charge in [0, 0.05) is 13.0 Å². The van der Waals surface area contributed by atoms with Crippen molar-refractivity contribution < 1.29 is 9.90 Å².